The molecule has 0 spiro atoms. The van der Waals surface area contributed by atoms with Gasteiger partial charge in [0, 0.05) is 12.5 Å². The average molecular weight is 232 g/mol. The van der Waals surface area contributed by atoms with Gasteiger partial charge in [0.1, 0.15) is 0 Å². The van der Waals surface area contributed by atoms with Crippen LogP contribution in [0.3, 0.4) is 0 Å². The first-order chi connectivity index (χ1) is 8.22. The van der Waals surface area contributed by atoms with E-state index >= 15 is 0 Å². The molecular weight excluding hydrogens is 220 g/mol. The zero-order chi connectivity index (χ0) is 11.8. The Bertz CT molecular complexity index is 622. The standard InChI is InChI=1S/C12H12N2O3/c15-11(8-2-3-8)13-6-7-1-4-10-9(5-7)14-12(16)17-10/h1,4-5,8H,2-3,6H2,(H,13,15)(H,14,16). The Balaban J connectivity index is 1.75. The maximum atomic E-state index is 11.5. The van der Waals surface area contributed by atoms with Crippen LogP contribution in [0.25, 0.3) is 11.1 Å². The summed E-state index contributed by atoms with van der Waals surface area (Å²) in [6, 6.07) is 5.38. The second kappa shape index (κ2) is 3.76. The van der Waals surface area contributed by atoms with Gasteiger partial charge in [-0.05, 0) is 30.5 Å². The highest BCUT2D eigenvalue weighted by atomic mass is 16.4. The van der Waals surface area contributed by atoms with E-state index in [0.717, 1.165) is 18.4 Å². The third-order valence-corrected chi connectivity index (χ3v) is 2.90. The summed E-state index contributed by atoms with van der Waals surface area (Å²) >= 11 is 0. The maximum Gasteiger partial charge on any atom is 0.417 e. The van der Waals surface area contributed by atoms with E-state index in [1.165, 1.54) is 0 Å². The quantitative estimate of drug-likeness (QED) is 0.833. The lowest BCUT2D eigenvalue weighted by Gasteiger charge is -2.03. The first kappa shape index (κ1) is 10.1. The van der Waals surface area contributed by atoms with Crippen molar-refractivity contribution in [3.05, 3.63) is 34.3 Å². The van der Waals surface area contributed by atoms with Gasteiger partial charge in [0.25, 0.3) is 0 Å². The Morgan fingerprint density at radius 2 is 2.29 bits per heavy atom. The SMILES string of the molecule is O=C(NCc1ccc2oc(=O)[nH]c2c1)C1CC1. The molecule has 1 fully saturated rings. The van der Waals surface area contributed by atoms with Gasteiger partial charge in [-0.1, -0.05) is 6.07 Å². The summed E-state index contributed by atoms with van der Waals surface area (Å²) in [6.07, 6.45) is 2.00. The number of amides is 1. The van der Waals surface area contributed by atoms with Gasteiger partial charge in [-0.2, -0.15) is 0 Å². The predicted molar refractivity (Wildman–Crippen MR) is 61.4 cm³/mol. The molecule has 1 aromatic carbocycles. The molecular formula is C12H12N2O3. The van der Waals surface area contributed by atoms with Crippen molar-refractivity contribution in [3.63, 3.8) is 0 Å². The molecule has 0 unspecified atom stereocenters. The lowest BCUT2D eigenvalue weighted by molar-refractivity contribution is -0.122. The zero-order valence-corrected chi connectivity index (χ0v) is 9.16. The summed E-state index contributed by atoms with van der Waals surface area (Å²) in [5, 5.41) is 2.87. The molecule has 88 valence electrons. The van der Waals surface area contributed by atoms with E-state index in [-0.39, 0.29) is 11.8 Å². The van der Waals surface area contributed by atoms with E-state index < -0.39 is 5.76 Å². The molecule has 1 aliphatic carbocycles. The molecule has 5 nitrogen and oxygen atoms in total. The summed E-state index contributed by atoms with van der Waals surface area (Å²) in [7, 11) is 0. The number of carbonyl (C=O) groups is 1. The van der Waals surface area contributed by atoms with E-state index in [4.69, 9.17) is 4.42 Å². The van der Waals surface area contributed by atoms with Crippen LogP contribution in [0.5, 0.6) is 0 Å². The molecule has 1 heterocycles. The van der Waals surface area contributed by atoms with Crippen LogP contribution in [-0.2, 0) is 11.3 Å². The highest BCUT2D eigenvalue weighted by molar-refractivity contribution is 5.81. The monoisotopic (exact) mass is 232 g/mol. The van der Waals surface area contributed by atoms with Gasteiger partial charge in [0.2, 0.25) is 5.91 Å². The first-order valence-corrected chi connectivity index (χ1v) is 5.62. The summed E-state index contributed by atoms with van der Waals surface area (Å²) in [4.78, 5) is 25.0. The number of hydrogen-bond acceptors (Lipinski definition) is 3. The number of aromatic nitrogens is 1. The van der Waals surface area contributed by atoms with Crippen LogP contribution in [0.15, 0.2) is 27.4 Å². The van der Waals surface area contributed by atoms with Gasteiger partial charge in [-0.3, -0.25) is 9.78 Å². The summed E-state index contributed by atoms with van der Waals surface area (Å²) in [5.74, 6) is -0.127. The second-order valence-electron chi connectivity index (χ2n) is 4.34. The van der Waals surface area contributed by atoms with E-state index in [0.29, 0.717) is 17.6 Å². The van der Waals surface area contributed by atoms with Crippen molar-refractivity contribution in [2.45, 2.75) is 19.4 Å². The van der Waals surface area contributed by atoms with Crippen LogP contribution in [-0.4, -0.2) is 10.9 Å². The molecule has 0 atom stereocenters. The predicted octanol–water partition coefficient (Wildman–Crippen LogP) is 1.15. The minimum atomic E-state index is -0.459. The number of aromatic amines is 1. The van der Waals surface area contributed by atoms with Crippen molar-refractivity contribution in [1.82, 2.24) is 10.3 Å². The van der Waals surface area contributed by atoms with Gasteiger partial charge in [0.05, 0.1) is 5.52 Å². The Kier molecular flexibility index (Phi) is 2.24. The highest BCUT2D eigenvalue weighted by Gasteiger charge is 2.29. The Labute approximate surface area is 96.8 Å². The van der Waals surface area contributed by atoms with E-state index in [9.17, 15) is 9.59 Å². The van der Waals surface area contributed by atoms with Gasteiger partial charge < -0.3 is 9.73 Å². The number of fused-ring (bicyclic) bond motifs is 1. The molecule has 17 heavy (non-hydrogen) atoms. The van der Waals surface area contributed by atoms with Crippen molar-refractivity contribution in [2.24, 2.45) is 5.92 Å². The summed E-state index contributed by atoms with van der Waals surface area (Å²) in [5.41, 5.74) is 2.14. The van der Waals surface area contributed by atoms with Gasteiger partial charge >= 0.3 is 5.76 Å². The summed E-state index contributed by atoms with van der Waals surface area (Å²) in [6.45, 7) is 0.485. The van der Waals surface area contributed by atoms with E-state index in [1.807, 2.05) is 12.1 Å². The zero-order valence-electron chi connectivity index (χ0n) is 9.16. The molecule has 0 radical (unpaired) electrons. The van der Waals surface area contributed by atoms with Crippen LogP contribution < -0.4 is 11.1 Å². The molecule has 0 saturated heterocycles. The van der Waals surface area contributed by atoms with Crippen LogP contribution >= 0.6 is 0 Å². The van der Waals surface area contributed by atoms with Gasteiger partial charge in [-0.15, -0.1) is 0 Å². The van der Waals surface area contributed by atoms with Crippen molar-refractivity contribution >= 4 is 17.0 Å². The molecule has 1 amide bonds. The number of oxazole rings is 1. The molecule has 2 aromatic rings. The van der Waals surface area contributed by atoms with Crippen molar-refractivity contribution in [3.8, 4) is 0 Å². The van der Waals surface area contributed by atoms with E-state index in [1.54, 1.807) is 6.07 Å². The Hall–Kier alpha value is -2.04. The van der Waals surface area contributed by atoms with Gasteiger partial charge in [-0.25, -0.2) is 4.79 Å². The molecule has 0 bridgehead atoms. The number of hydrogen-bond donors (Lipinski definition) is 2. The molecule has 3 rings (SSSR count). The largest absolute Gasteiger partial charge is 0.417 e. The molecule has 1 aromatic heterocycles. The minimum Gasteiger partial charge on any atom is -0.408 e. The molecule has 0 aliphatic heterocycles. The van der Waals surface area contributed by atoms with Crippen LogP contribution in [0.1, 0.15) is 18.4 Å². The fraction of sp³-hybridized carbons (Fsp3) is 0.333. The topological polar surface area (TPSA) is 75.1 Å². The molecule has 5 heteroatoms. The highest BCUT2D eigenvalue weighted by Crippen LogP contribution is 2.28. The Morgan fingerprint density at radius 1 is 1.47 bits per heavy atom. The van der Waals surface area contributed by atoms with Crippen molar-refractivity contribution in [2.75, 3.05) is 0 Å². The van der Waals surface area contributed by atoms with Crippen molar-refractivity contribution < 1.29 is 9.21 Å². The normalized spacial score (nSPS) is 15.1. The Morgan fingerprint density at radius 3 is 3.06 bits per heavy atom. The van der Waals surface area contributed by atoms with Gasteiger partial charge in [0.15, 0.2) is 5.58 Å². The average Bonchev–Trinajstić information content (AvgIpc) is 3.08. The third-order valence-electron chi connectivity index (χ3n) is 2.90. The first-order valence-electron chi connectivity index (χ1n) is 5.62. The second-order valence-corrected chi connectivity index (χ2v) is 4.34. The molecule has 1 saturated carbocycles. The van der Waals surface area contributed by atoms with E-state index in [2.05, 4.69) is 10.3 Å². The number of rotatable bonds is 3. The van der Waals surface area contributed by atoms with Crippen LogP contribution in [0.4, 0.5) is 0 Å². The fourth-order valence-corrected chi connectivity index (χ4v) is 1.79. The van der Waals surface area contributed by atoms with Crippen molar-refractivity contribution in [1.29, 1.82) is 0 Å². The fourth-order valence-electron chi connectivity index (χ4n) is 1.79. The number of carbonyl (C=O) groups excluding carboxylic acids is 1. The number of H-pyrrole nitrogens is 1. The maximum absolute atomic E-state index is 11.5. The lowest BCUT2D eigenvalue weighted by atomic mass is 10.2. The third kappa shape index (κ3) is 2.08. The molecule has 1 aliphatic rings. The smallest absolute Gasteiger partial charge is 0.408 e. The summed E-state index contributed by atoms with van der Waals surface area (Å²) < 4.78 is 4.90. The number of nitrogens with one attached hydrogen (secondary N) is 2. The van der Waals surface area contributed by atoms with Crippen LogP contribution in [0, 0.1) is 5.92 Å². The van der Waals surface area contributed by atoms with Crippen LogP contribution in [0.2, 0.25) is 0 Å². The molecule has 2 N–H and O–H groups in total. The number of benzene rings is 1. The lowest BCUT2D eigenvalue weighted by Crippen LogP contribution is -2.24. The minimum absolute atomic E-state index is 0.116.